The van der Waals surface area contributed by atoms with Crippen molar-refractivity contribution in [3.8, 4) is 11.3 Å². The molecule has 5 nitrogen and oxygen atoms in total. The van der Waals surface area contributed by atoms with Crippen LogP contribution in [0.3, 0.4) is 0 Å². The van der Waals surface area contributed by atoms with Crippen molar-refractivity contribution in [3.63, 3.8) is 0 Å². The number of nitrogens with zero attached hydrogens (tertiary/aromatic N) is 1. The van der Waals surface area contributed by atoms with Crippen LogP contribution in [0.2, 0.25) is 0 Å². The fraction of sp³-hybridized carbons (Fsp3) is 0.0909. The Bertz CT molecular complexity index is 752. The number of imidazole rings is 2. The van der Waals surface area contributed by atoms with Crippen LogP contribution in [0.5, 0.6) is 0 Å². The number of aromatic amines is 3. The number of nitrogens with one attached hydrogen (secondary N) is 3. The molecule has 3 N–H and O–H groups in total. The van der Waals surface area contributed by atoms with E-state index in [4.69, 9.17) is 0 Å². The molecule has 0 fully saturated rings. The molecule has 0 unspecified atom stereocenters. The van der Waals surface area contributed by atoms with Gasteiger partial charge in [0.15, 0.2) is 0 Å². The molecule has 2 heterocycles. The summed E-state index contributed by atoms with van der Waals surface area (Å²) >= 11 is 3.43. The van der Waals surface area contributed by atoms with Crippen LogP contribution in [0.4, 0.5) is 0 Å². The molecule has 86 valence electrons. The molecular weight excluding hydrogens is 284 g/mol. The first-order valence-electron chi connectivity index (χ1n) is 5.08. The second-order valence-corrected chi connectivity index (χ2v) is 4.62. The molecule has 0 atom stereocenters. The Morgan fingerprint density at radius 2 is 1.94 bits per heavy atom. The Hall–Kier alpha value is -1.82. The monoisotopic (exact) mass is 292 g/mol. The fourth-order valence-electron chi connectivity index (χ4n) is 1.83. The van der Waals surface area contributed by atoms with Crippen LogP contribution in [0.1, 0.15) is 5.82 Å². The Labute approximate surface area is 104 Å². The van der Waals surface area contributed by atoms with Crippen molar-refractivity contribution in [1.29, 1.82) is 0 Å². The van der Waals surface area contributed by atoms with Gasteiger partial charge in [0, 0.05) is 5.56 Å². The molecule has 0 saturated carbocycles. The molecule has 0 aliphatic carbocycles. The number of fused-ring (bicyclic) bond motifs is 1. The summed E-state index contributed by atoms with van der Waals surface area (Å²) in [6.07, 6.45) is 0. The van der Waals surface area contributed by atoms with Gasteiger partial charge in [0.1, 0.15) is 16.1 Å². The molecule has 0 radical (unpaired) electrons. The fourth-order valence-corrected chi connectivity index (χ4v) is 2.44. The van der Waals surface area contributed by atoms with Crippen molar-refractivity contribution < 1.29 is 0 Å². The number of aryl methyl sites for hydroxylation is 1. The van der Waals surface area contributed by atoms with E-state index in [1.807, 2.05) is 25.1 Å². The second kappa shape index (κ2) is 3.59. The SMILES string of the molecule is Cc1nc(-c2ccc3[nH]c(=O)[nH]c3c2)c(Br)[nH]1. The van der Waals surface area contributed by atoms with Crippen LogP contribution in [-0.2, 0) is 0 Å². The average molecular weight is 293 g/mol. The highest BCUT2D eigenvalue weighted by molar-refractivity contribution is 9.10. The maximum atomic E-state index is 11.2. The lowest BCUT2D eigenvalue weighted by molar-refractivity contribution is 1.14. The number of hydrogen-bond donors (Lipinski definition) is 3. The summed E-state index contributed by atoms with van der Waals surface area (Å²) in [5, 5.41) is 0. The third kappa shape index (κ3) is 1.70. The molecular formula is C11H9BrN4O. The smallest absolute Gasteiger partial charge is 0.323 e. The summed E-state index contributed by atoms with van der Waals surface area (Å²) in [6, 6.07) is 5.68. The van der Waals surface area contributed by atoms with Crippen LogP contribution in [0.25, 0.3) is 22.3 Å². The van der Waals surface area contributed by atoms with E-state index in [9.17, 15) is 4.79 Å². The number of rotatable bonds is 1. The van der Waals surface area contributed by atoms with Gasteiger partial charge in [-0.15, -0.1) is 0 Å². The zero-order valence-corrected chi connectivity index (χ0v) is 10.6. The maximum absolute atomic E-state index is 11.2. The summed E-state index contributed by atoms with van der Waals surface area (Å²) in [6.45, 7) is 1.89. The lowest BCUT2D eigenvalue weighted by atomic mass is 10.1. The Kier molecular flexibility index (Phi) is 2.19. The normalized spacial score (nSPS) is 11.2. The Morgan fingerprint density at radius 3 is 2.65 bits per heavy atom. The average Bonchev–Trinajstić information content (AvgIpc) is 2.78. The van der Waals surface area contributed by atoms with Gasteiger partial charge in [0.2, 0.25) is 0 Å². The van der Waals surface area contributed by atoms with E-state index in [1.54, 1.807) is 0 Å². The lowest BCUT2D eigenvalue weighted by Gasteiger charge is -1.97. The van der Waals surface area contributed by atoms with Crippen molar-refractivity contribution in [2.24, 2.45) is 0 Å². The summed E-state index contributed by atoms with van der Waals surface area (Å²) in [5.41, 5.74) is 3.16. The van der Waals surface area contributed by atoms with Gasteiger partial charge in [0.25, 0.3) is 0 Å². The highest BCUT2D eigenvalue weighted by atomic mass is 79.9. The molecule has 3 aromatic rings. The van der Waals surface area contributed by atoms with E-state index >= 15 is 0 Å². The number of benzene rings is 1. The summed E-state index contributed by atoms with van der Waals surface area (Å²) in [7, 11) is 0. The van der Waals surface area contributed by atoms with Crippen molar-refractivity contribution in [1.82, 2.24) is 19.9 Å². The Balaban J connectivity index is 2.23. The molecule has 17 heavy (non-hydrogen) atoms. The molecule has 0 amide bonds. The minimum atomic E-state index is -0.200. The van der Waals surface area contributed by atoms with E-state index in [-0.39, 0.29) is 5.69 Å². The van der Waals surface area contributed by atoms with Gasteiger partial charge >= 0.3 is 5.69 Å². The standard InChI is InChI=1S/C11H9BrN4O/c1-5-13-9(10(12)14-5)6-2-3-7-8(4-6)16-11(17)15-7/h2-4H,1H3,(H,13,14)(H2,15,16,17). The first kappa shape index (κ1) is 10.3. The number of aromatic nitrogens is 4. The van der Waals surface area contributed by atoms with Gasteiger partial charge in [-0.05, 0) is 35.0 Å². The molecule has 0 saturated heterocycles. The lowest BCUT2D eigenvalue weighted by Crippen LogP contribution is -1.99. The predicted octanol–water partition coefficient (Wildman–Crippen LogP) is 2.32. The van der Waals surface area contributed by atoms with Gasteiger partial charge in [-0.2, -0.15) is 0 Å². The van der Waals surface area contributed by atoms with E-state index < -0.39 is 0 Å². The topological polar surface area (TPSA) is 77.3 Å². The third-order valence-corrected chi connectivity index (χ3v) is 3.14. The first-order valence-corrected chi connectivity index (χ1v) is 5.87. The molecule has 0 bridgehead atoms. The zero-order valence-electron chi connectivity index (χ0n) is 8.97. The summed E-state index contributed by atoms with van der Waals surface area (Å²) in [5.74, 6) is 0.842. The summed E-state index contributed by atoms with van der Waals surface area (Å²) in [4.78, 5) is 24.1. The largest absolute Gasteiger partial charge is 0.336 e. The minimum Gasteiger partial charge on any atom is -0.336 e. The molecule has 0 aliphatic rings. The third-order valence-electron chi connectivity index (χ3n) is 2.57. The maximum Gasteiger partial charge on any atom is 0.323 e. The predicted molar refractivity (Wildman–Crippen MR) is 68.9 cm³/mol. The quantitative estimate of drug-likeness (QED) is 0.644. The highest BCUT2D eigenvalue weighted by Gasteiger charge is 2.09. The van der Waals surface area contributed by atoms with Crippen LogP contribution in [0, 0.1) is 6.92 Å². The van der Waals surface area contributed by atoms with Crippen LogP contribution >= 0.6 is 15.9 Å². The van der Waals surface area contributed by atoms with Crippen molar-refractivity contribution >= 4 is 27.0 Å². The van der Waals surface area contributed by atoms with E-state index in [1.165, 1.54) is 0 Å². The van der Waals surface area contributed by atoms with Gasteiger partial charge in [-0.1, -0.05) is 6.07 Å². The van der Waals surface area contributed by atoms with Gasteiger partial charge in [0.05, 0.1) is 11.0 Å². The number of halogens is 1. The van der Waals surface area contributed by atoms with Crippen molar-refractivity contribution in [2.75, 3.05) is 0 Å². The molecule has 3 rings (SSSR count). The van der Waals surface area contributed by atoms with Crippen LogP contribution in [0.15, 0.2) is 27.6 Å². The second-order valence-electron chi connectivity index (χ2n) is 3.82. The van der Waals surface area contributed by atoms with Gasteiger partial charge in [-0.25, -0.2) is 9.78 Å². The van der Waals surface area contributed by atoms with E-state index in [0.29, 0.717) is 0 Å². The highest BCUT2D eigenvalue weighted by Crippen LogP contribution is 2.27. The molecule has 0 aliphatic heterocycles. The van der Waals surface area contributed by atoms with Crippen molar-refractivity contribution in [2.45, 2.75) is 6.92 Å². The van der Waals surface area contributed by atoms with Crippen molar-refractivity contribution in [3.05, 3.63) is 39.1 Å². The summed E-state index contributed by atoms with van der Waals surface area (Å²) < 4.78 is 0.840. The Morgan fingerprint density at radius 1 is 1.18 bits per heavy atom. The molecule has 0 spiro atoms. The first-order chi connectivity index (χ1) is 8.13. The minimum absolute atomic E-state index is 0.200. The van der Waals surface area contributed by atoms with E-state index in [0.717, 1.165) is 32.7 Å². The number of H-pyrrole nitrogens is 3. The van der Waals surface area contributed by atoms with Gasteiger partial charge < -0.3 is 15.0 Å². The van der Waals surface area contributed by atoms with Gasteiger partial charge in [-0.3, -0.25) is 0 Å². The van der Waals surface area contributed by atoms with Crippen LogP contribution < -0.4 is 5.69 Å². The molecule has 1 aromatic carbocycles. The number of hydrogen-bond acceptors (Lipinski definition) is 2. The molecule has 6 heteroatoms. The van der Waals surface area contributed by atoms with E-state index in [2.05, 4.69) is 35.9 Å². The molecule has 2 aromatic heterocycles. The van der Waals surface area contributed by atoms with Crippen LogP contribution in [-0.4, -0.2) is 19.9 Å². The zero-order chi connectivity index (χ0) is 12.0.